The fourth-order valence-electron chi connectivity index (χ4n) is 4.24. The van der Waals surface area contributed by atoms with Gasteiger partial charge in [0.05, 0.1) is 11.0 Å². The first-order valence-corrected chi connectivity index (χ1v) is 11.6. The normalized spacial score (nSPS) is 14.7. The Hall–Kier alpha value is -2.37. The van der Waals surface area contributed by atoms with Crippen molar-refractivity contribution in [3.63, 3.8) is 0 Å². The Bertz CT molecular complexity index is 839. The highest BCUT2D eigenvalue weighted by molar-refractivity contribution is 5.81. The number of aryl methyl sites for hydroxylation is 1. The van der Waals surface area contributed by atoms with Gasteiger partial charge in [-0.3, -0.25) is 9.59 Å². The van der Waals surface area contributed by atoms with Gasteiger partial charge in [-0.2, -0.15) is 0 Å². The van der Waals surface area contributed by atoms with Crippen LogP contribution < -0.4 is 5.32 Å². The number of hydrogen-bond acceptors (Lipinski definition) is 3. The molecule has 0 saturated heterocycles. The summed E-state index contributed by atoms with van der Waals surface area (Å²) in [7, 11) is 1.87. The van der Waals surface area contributed by atoms with E-state index in [2.05, 4.69) is 12.2 Å². The summed E-state index contributed by atoms with van der Waals surface area (Å²) in [5, 5.41) is 3.11. The zero-order chi connectivity index (χ0) is 21.3. The van der Waals surface area contributed by atoms with Crippen molar-refractivity contribution in [3.8, 4) is 0 Å². The molecule has 1 aromatic heterocycles. The lowest BCUT2D eigenvalue weighted by molar-refractivity contribution is -0.130. The first-order valence-electron chi connectivity index (χ1n) is 11.6. The van der Waals surface area contributed by atoms with Crippen LogP contribution >= 0.6 is 0 Å². The molecular weight excluding hydrogens is 376 g/mol. The zero-order valence-electron chi connectivity index (χ0n) is 18.5. The van der Waals surface area contributed by atoms with Gasteiger partial charge in [0.15, 0.2) is 0 Å². The molecule has 1 aliphatic rings. The average Bonchev–Trinajstić information content (AvgIpc) is 3.12. The van der Waals surface area contributed by atoms with Crippen LogP contribution in [0.5, 0.6) is 0 Å². The molecule has 1 saturated carbocycles. The summed E-state index contributed by atoms with van der Waals surface area (Å²) >= 11 is 0. The molecule has 0 bridgehead atoms. The van der Waals surface area contributed by atoms with E-state index in [1.165, 1.54) is 19.3 Å². The van der Waals surface area contributed by atoms with Gasteiger partial charge in [-0.05, 0) is 37.8 Å². The number of carbonyl (C=O) groups is 2. The topological polar surface area (TPSA) is 67.2 Å². The van der Waals surface area contributed by atoms with E-state index >= 15 is 0 Å². The minimum Gasteiger partial charge on any atom is -0.356 e. The molecule has 6 heteroatoms. The van der Waals surface area contributed by atoms with Crippen molar-refractivity contribution in [2.75, 3.05) is 20.1 Å². The minimum absolute atomic E-state index is 0.110. The van der Waals surface area contributed by atoms with Gasteiger partial charge in [0.2, 0.25) is 11.8 Å². The molecule has 0 atom stereocenters. The van der Waals surface area contributed by atoms with Gasteiger partial charge in [-0.15, -0.1) is 0 Å². The van der Waals surface area contributed by atoms with E-state index in [-0.39, 0.29) is 17.7 Å². The Morgan fingerprint density at radius 3 is 2.70 bits per heavy atom. The summed E-state index contributed by atoms with van der Waals surface area (Å²) in [6.07, 6.45) is 9.29. The van der Waals surface area contributed by atoms with E-state index in [1.807, 2.05) is 40.8 Å². The maximum atomic E-state index is 12.7. The Labute approximate surface area is 180 Å². The van der Waals surface area contributed by atoms with Crippen molar-refractivity contribution >= 4 is 22.8 Å². The number of carbonyl (C=O) groups excluding carboxylic acids is 2. The van der Waals surface area contributed by atoms with E-state index in [0.29, 0.717) is 13.1 Å². The maximum absolute atomic E-state index is 12.7. The fraction of sp³-hybridized carbons (Fsp3) is 0.625. The molecule has 0 radical (unpaired) electrons. The first kappa shape index (κ1) is 22.3. The molecule has 0 aliphatic heterocycles. The van der Waals surface area contributed by atoms with Gasteiger partial charge in [-0.1, -0.05) is 44.7 Å². The highest BCUT2D eigenvalue weighted by Crippen LogP contribution is 2.23. The van der Waals surface area contributed by atoms with Gasteiger partial charge < -0.3 is 14.8 Å². The second-order valence-electron chi connectivity index (χ2n) is 8.50. The number of para-hydroxylation sites is 2. The Balaban J connectivity index is 1.60. The molecule has 3 rings (SSSR count). The summed E-state index contributed by atoms with van der Waals surface area (Å²) in [5.41, 5.74) is 1.92. The highest BCUT2D eigenvalue weighted by atomic mass is 16.2. The van der Waals surface area contributed by atoms with Crippen LogP contribution in [0.4, 0.5) is 0 Å². The molecule has 0 unspecified atom stereocenters. The molecule has 2 aromatic rings. The van der Waals surface area contributed by atoms with Crippen molar-refractivity contribution in [2.45, 2.75) is 71.3 Å². The van der Waals surface area contributed by atoms with Crippen molar-refractivity contribution < 1.29 is 9.59 Å². The number of unbranched alkanes of at least 4 members (excludes halogenated alkanes) is 1. The average molecular weight is 413 g/mol. The molecular formula is C24H36N4O2. The first-order chi connectivity index (χ1) is 14.6. The molecule has 0 spiro atoms. The number of imidazole rings is 1. The predicted octanol–water partition coefficient (Wildman–Crippen LogP) is 3.92. The molecule has 1 aliphatic carbocycles. The lowest BCUT2D eigenvalue weighted by Crippen LogP contribution is -2.33. The number of aromatic nitrogens is 2. The largest absolute Gasteiger partial charge is 0.356 e. The summed E-state index contributed by atoms with van der Waals surface area (Å²) < 4.78 is 2.04. The smallest absolute Gasteiger partial charge is 0.242 e. The van der Waals surface area contributed by atoms with Crippen LogP contribution in [-0.2, 0) is 22.6 Å². The summed E-state index contributed by atoms with van der Waals surface area (Å²) in [6.45, 7) is 3.88. The molecule has 6 nitrogen and oxygen atoms in total. The van der Waals surface area contributed by atoms with Crippen LogP contribution in [-0.4, -0.2) is 46.4 Å². The van der Waals surface area contributed by atoms with Crippen LogP contribution in [0, 0.1) is 5.92 Å². The quantitative estimate of drug-likeness (QED) is 0.602. The van der Waals surface area contributed by atoms with Crippen molar-refractivity contribution in [2.24, 2.45) is 5.92 Å². The number of nitrogens with zero attached hydrogens (tertiary/aromatic N) is 3. The van der Waals surface area contributed by atoms with Crippen LogP contribution in [0.1, 0.15) is 64.1 Å². The molecule has 2 amide bonds. The summed E-state index contributed by atoms with van der Waals surface area (Å²) in [5.74, 6) is 1.43. The Kier molecular flexibility index (Phi) is 8.29. The lowest BCUT2D eigenvalue weighted by Gasteiger charge is -2.20. The molecule has 164 valence electrons. The van der Waals surface area contributed by atoms with Crippen LogP contribution in [0.15, 0.2) is 24.3 Å². The standard InChI is InChI=1S/C24H36N4O2/c1-3-4-17-27(2)23(29)18-28-21-14-9-8-13-20(21)26-22(28)15-10-16-25-24(30)19-11-6-5-7-12-19/h8-9,13-14,19H,3-7,10-12,15-18H2,1-2H3,(H,25,30). The van der Waals surface area contributed by atoms with Crippen molar-refractivity contribution in [1.29, 1.82) is 0 Å². The minimum atomic E-state index is 0.110. The van der Waals surface area contributed by atoms with Crippen LogP contribution in [0.2, 0.25) is 0 Å². The third-order valence-corrected chi connectivity index (χ3v) is 6.15. The predicted molar refractivity (Wildman–Crippen MR) is 120 cm³/mol. The third-order valence-electron chi connectivity index (χ3n) is 6.15. The van der Waals surface area contributed by atoms with Gasteiger partial charge >= 0.3 is 0 Å². The SMILES string of the molecule is CCCCN(C)C(=O)Cn1c(CCCNC(=O)C2CCCCC2)nc2ccccc21. The molecule has 1 heterocycles. The van der Waals surface area contributed by atoms with Gasteiger partial charge in [0.1, 0.15) is 12.4 Å². The second-order valence-corrected chi connectivity index (χ2v) is 8.50. The number of nitrogens with one attached hydrogen (secondary N) is 1. The van der Waals surface area contributed by atoms with Crippen molar-refractivity contribution in [1.82, 2.24) is 19.8 Å². The monoisotopic (exact) mass is 412 g/mol. The molecule has 1 aromatic carbocycles. The number of hydrogen-bond donors (Lipinski definition) is 1. The number of likely N-dealkylation sites (N-methyl/N-ethyl adjacent to an activating group) is 1. The van der Waals surface area contributed by atoms with E-state index in [9.17, 15) is 9.59 Å². The van der Waals surface area contributed by atoms with Gasteiger partial charge in [-0.25, -0.2) is 4.98 Å². The van der Waals surface area contributed by atoms with Gasteiger partial charge in [0.25, 0.3) is 0 Å². The third kappa shape index (κ3) is 5.83. The van der Waals surface area contributed by atoms with Crippen LogP contribution in [0.3, 0.4) is 0 Å². The fourth-order valence-corrected chi connectivity index (χ4v) is 4.24. The van der Waals surface area contributed by atoms with Crippen molar-refractivity contribution in [3.05, 3.63) is 30.1 Å². The number of amides is 2. The van der Waals surface area contributed by atoms with E-state index in [0.717, 1.165) is 61.9 Å². The second kappa shape index (κ2) is 11.1. The van der Waals surface area contributed by atoms with Crippen LogP contribution in [0.25, 0.3) is 11.0 Å². The zero-order valence-corrected chi connectivity index (χ0v) is 18.5. The highest BCUT2D eigenvalue weighted by Gasteiger charge is 2.21. The summed E-state index contributed by atoms with van der Waals surface area (Å²) in [6, 6.07) is 7.98. The number of benzene rings is 1. The van der Waals surface area contributed by atoms with Gasteiger partial charge in [0, 0.05) is 32.5 Å². The molecule has 1 fully saturated rings. The lowest BCUT2D eigenvalue weighted by atomic mass is 9.89. The Morgan fingerprint density at radius 2 is 1.93 bits per heavy atom. The number of fused-ring (bicyclic) bond motifs is 1. The molecule has 1 N–H and O–H groups in total. The Morgan fingerprint density at radius 1 is 1.17 bits per heavy atom. The van der Waals surface area contributed by atoms with E-state index < -0.39 is 0 Å². The van der Waals surface area contributed by atoms with E-state index in [1.54, 1.807) is 0 Å². The summed E-state index contributed by atoms with van der Waals surface area (Å²) in [4.78, 5) is 31.7. The maximum Gasteiger partial charge on any atom is 0.242 e. The van der Waals surface area contributed by atoms with E-state index in [4.69, 9.17) is 4.98 Å². The molecule has 30 heavy (non-hydrogen) atoms. The number of rotatable bonds is 10.